The van der Waals surface area contributed by atoms with Crippen LogP contribution in [-0.4, -0.2) is 9.97 Å². The summed E-state index contributed by atoms with van der Waals surface area (Å²) in [6.07, 6.45) is 3.75. The van der Waals surface area contributed by atoms with Gasteiger partial charge in [0.15, 0.2) is 0 Å². The Balaban J connectivity index is 1.85. The number of hydrogen-bond acceptors (Lipinski definition) is 2. The molecular weight excluding hydrogens is 264 g/mol. The number of hydrogen-bond donors (Lipinski definition) is 1. The number of rotatable bonds is 1. The molecule has 0 bridgehead atoms. The van der Waals surface area contributed by atoms with Crippen LogP contribution in [0.2, 0.25) is 5.02 Å². The number of benzene rings is 1. The SMILES string of the molecule is Clc1ccc2nc(-c3cc4c(s3)CCC4)[nH]c2c1. The Morgan fingerprint density at radius 2 is 2.17 bits per heavy atom. The molecule has 1 aliphatic rings. The molecule has 3 aromatic rings. The van der Waals surface area contributed by atoms with Crippen LogP contribution in [0.25, 0.3) is 21.7 Å². The Morgan fingerprint density at radius 3 is 3.06 bits per heavy atom. The lowest BCUT2D eigenvalue weighted by Gasteiger charge is -1.89. The van der Waals surface area contributed by atoms with Crippen LogP contribution in [0.1, 0.15) is 16.9 Å². The Labute approximate surface area is 114 Å². The van der Waals surface area contributed by atoms with Crippen LogP contribution in [0, 0.1) is 0 Å². The normalized spacial score (nSPS) is 14.3. The lowest BCUT2D eigenvalue weighted by Crippen LogP contribution is -1.75. The van der Waals surface area contributed by atoms with Crippen molar-refractivity contribution in [1.29, 1.82) is 0 Å². The molecule has 4 heteroatoms. The fraction of sp³-hybridized carbons (Fsp3) is 0.214. The largest absolute Gasteiger partial charge is 0.337 e. The fourth-order valence-corrected chi connectivity index (χ4v) is 3.91. The van der Waals surface area contributed by atoms with Crippen molar-refractivity contribution >= 4 is 34.0 Å². The maximum Gasteiger partial charge on any atom is 0.148 e. The number of aryl methyl sites for hydroxylation is 2. The quantitative estimate of drug-likeness (QED) is 0.698. The zero-order valence-electron chi connectivity index (χ0n) is 9.66. The average molecular weight is 275 g/mol. The molecule has 0 spiro atoms. The maximum absolute atomic E-state index is 5.99. The summed E-state index contributed by atoms with van der Waals surface area (Å²) in [6, 6.07) is 8.04. The summed E-state index contributed by atoms with van der Waals surface area (Å²) in [5.74, 6) is 0.965. The molecule has 90 valence electrons. The zero-order chi connectivity index (χ0) is 12.1. The van der Waals surface area contributed by atoms with Crippen molar-refractivity contribution in [3.63, 3.8) is 0 Å². The Hall–Kier alpha value is -1.32. The van der Waals surface area contributed by atoms with E-state index in [1.165, 1.54) is 34.6 Å². The first-order chi connectivity index (χ1) is 8.79. The summed E-state index contributed by atoms with van der Waals surface area (Å²) in [5.41, 5.74) is 3.49. The lowest BCUT2D eigenvalue weighted by molar-refractivity contribution is 0.915. The van der Waals surface area contributed by atoms with E-state index in [9.17, 15) is 0 Å². The molecule has 0 atom stereocenters. The van der Waals surface area contributed by atoms with E-state index in [1.807, 2.05) is 29.5 Å². The van der Waals surface area contributed by atoms with Gasteiger partial charge in [0.1, 0.15) is 5.82 Å². The standard InChI is InChI=1S/C14H11ClN2S/c15-9-4-5-10-11(7-9)17-14(16-10)13-6-8-2-1-3-12(8)18-13/h4-7H,1-3H2,(H,16,17). The number of nitrogens with one attached hydrogen (secondary N) is 1. The van der Waals surface area contributed by atoms with Crippen LogP contribution < -0.4 is 0 Å². The van der Waals surface area contributed by atoms with Gasteiger partial charge in [0.2, 0.25) is 0 Å². The zero-order valence-corrected chi connectivity index (χ0v) is 11.2. The predicted octanol–water partition coefficient (Wildman–Crippen LogP) is 4.43. The van der Waals surface area contributed by atoms with Gasteiger partial charge < -0.3 is 4.98 Å². The number of aromatic amines is 1. The summed E-state index contributed by atoms with van der Waals surface area (Å²) in [5, 5.41) is 0.742. The monoisotopic (exact) mass is 274 g/mol. The van der Waals surface area contributed by atoms with Crippen molar-refractivity contribution in [2.24, 2.45) is 0 Å². The van der Waals surface area contributed by atoms with Crippen molar-refractivity contribution < 1.29 is 0 Å². The van der Waals surface area contributed by atoms with Crippen LogP contribution >= 0.6 is 22.9 Å². The van der Waals surface area contributed by atoms with Crippen molar-refractivity contribution in [2.75, 3.05) is 0 Å². The molecule has 18 heavy (non-hydrogen) atoms. The molecule has 1 aromatic carbocycles. The summed E-state index contributed by atoms with van der Waals surface area (Å²) in [4.78, 5) is 10.8. The van der Waals surface area contributed by atoms with Crippen LogP contribution in [0.4, 0.5) is 0 Å². The molecule has 1 aliphatic carbocycles. The van der Waals surface area contributed by atoms with Gasteiger partial charge in [0.25, 0.3) is 0 Å². The first-order valence-electron chi connectivity index (χ1n) is 6.07. The summed E-state index contributed by atoms with van der Waals surface area (Å²) < 4.78 is 0. The second-order valence-corrected chi connectivity index (χ2v) is 6.23. The third-order valence-electron chi connectivity index (χ3n) is 3.42. The van der Waals surface area contributed by atoms with Gasteiger partial charge in [0.05, 0.1) is 15.9 Å². The van der Waals surface area contributed by atoms with Gasteiger partial charge in [-0.1, -0.05) is 11.6 Å². The molecule has 2 heterocycles. The van der Waals surface area contributed by atoms with E-state index in [-0.39, 0.29) is 0 Å². The molecule has 0 amide bonds. The third kappa shape index (κ3) is 1.58. The smallest absolute Gasteiger partial charge is 0.148 e. The minimum Gasteiger partial charge on any atom is -0.337 e. The van der Waals surface area contributed by atoms with Crippen LogP contribution in [0.5, 0.6) is 0 Å². The molecule has 2 aromatic heterocycles. The van der Waals surface area contributed by atoms with Crippen molar-refractivity contribution in [3.8, 4) is 10.7 Å². The van der Waals surface area contributed by atoms with Crippen LogP contribution in [0.15, 0.2) is 24.3 Å². The van der Waals surface area contributed by atoms with Crippen LogP contribution in [-0.2, 0) is 12.8 Å². The highest BCUT2D eigenvalue weighted by atomic mass is 35.5. The average Bonchev–Trinajstić information content (AvgIpc) is 2.99. The minimum atomic E-state index is 0.742. The highest BCUT2D eigenvalue weighted by molar-refractivity contribution is 7.15. The number of H-pyrrole nitrogens is 1. The molecule has 0 saturated heterocycles. The van der Waals surface area contributed by atoms with Gasteiger partial charge in [-0.15, -0.1) is 11.3 Å². The molecule has 0 aliphatic heterocycles. The first-order valence-corrected chi connectivity index (χ1v) is 7.26. The predicted molar refractivity (Wildman–Crippen MR) is 76.4 cm³/mol. The Bertz CT molecular complexity index is 720. The van der Waals surface area contributed by atoms with E-state index >= 15 is 0 Å². The van der Waals surface area contributed by atoms with Crippen molar-refractivity contribution in [1.82, 2.24) is 9.97 Å². The molecule has 0 radical (unpaired) electrons. The highest BCUT2D eigenvalue weighted by Gasteiger charge is 2.17. The number of thiophene rings is 1. The summed E-state index contributed by atoms with van der Waals surface area (Å²) in [7, 11) is 0. The minimum absolute atomic E-state index is 0.742. The van der Waals surface area contributed by atoms with Crippen molar-refractivity contribution in [3.05, 3.63) is 39.7 Å². The lowest BCUT2D eigenvalue weighted by atomic mass is 10.2. The van der Waals surface area contributed by atoms with E-state index in [0.29, 0.717) is 0 Å². The number of nitrogens with zero attached hydrogens (tertiary/aromatic N) is 1. The van der Waals surface area contributed by atoms with Crippen molar-refractivity contribution in [2.45, 2.75) is 19.3 Å². The number of fused-ring (bicyclic) bond motifs is 2. The number of imidazole rings is 1. The van der Waals surface area contributed by atoms with Gasteiger partial charge in [-0.25, -0.2) is 4.98 Å². The van der Waals surface area contributed by atoms with Gasteiger partial charge >= 0.3 is 0 Å². The molecule has 4 rings (SSSR count). The molecule has 2 nitrogen and oxygen atoms in total. The molecule has 0 saturated carbocycles. The maximum atomic E-state index is 5.99. The van der Waals surface area contributed by atoms with Gasteiger partial charge in [0, 0.05) is 9.90 Å². The van der Waals surface area contributed by atoms with Gasteiger partial charge in [-0.2, -0.15) is 0 Å². The van der Waals surface area contributed by atoms with E-state index in [4.69, 9.17) is 11.6 Å². The summed E-state index contributed by atoms with van der Waals surface area (Å²) in [6.45, 7) is 0. The summed E-state index contributed by atoms with van der Waals surface area (Å²) >= 11 is 7.86. The molecular formula is C14H11ClN2S. The van der Waals surface area contributed by atoms with E-state index in [0.717, 1.165) is 21.9 Å². The highest BCUT2D eigenvalue weighted by Crippen LogP contribution is 2.36. The van der Waals surface area contributed by atoms with Gasteiger partial charge in [-0.05, 0) is 49.1 Å². The third-order valence-corrected chi connectivity index (χ3v) is 4.90. The Kier molecular flexibility index (Phi) is 2.26. The van der Waals surface area contributed by atoms with E-state index in [2.05, 4.69) is 16.0 Å². The second kappa shape index (κ2) is 3.84. The molecule has 1 N–H and O–H groups in total. The van der Waals surface area contributed by atoms with Crippen LogP contribution in [0.3, 0.4) is 0 Å². The second-order valence-electron chi connectivity index (χ2n) is 4.66. The van der Waals surface area contributed by atoms with E-state index < -0.39 is 0 Å². The first kappa shape index (κ1) is 10.6. The van der Waals surface area contributed by atoms with Gasteiger partial charge in [-0.3, -0.25) is 0 Å². The number of aromatic nitrogens is 2. The molecule has 0 unspecified atom stereocenters. The Morgan fingerprint density at radius 1 is 1.22 bits per heavy atom. The fourth-order valence-electron chi connectivity index (χ4n) is 2.54. The topological polar surface area (TPSA) is 28.7 Å². The molecule has 0 fully saturated rings. The number of halogens is 1. The van der Waals surface area contributed by atoms with E-state index in [1.54, 1.807) is 0 Å².